The average molecular weight is 429 g/mol. The van der Waals surface area contributed by atoms with Gasteiger partial charge < -0.3 is 21.1 Å². The van der Waals surface area contributed by atoms with Crippen LogP contribution in [0.5, 0.6) is 0 Å². The van der Waals surface area contributed by atoms with Gasteiger partial charge in [-0.05, 0) is 62.4 Å². The van der Waals surface area contributed by atoms with Gasteiger partial charge in [-0.2, -0.15) is 4.98 Å². The normalized spacial score (nSPS) is 10.9. The van der Waals surface area contributed by atoms with Crippen molar-refractivity contribution in [2.75, 3.05) is 42.2 Å². The number of pyridine rings is 1. The molecule has 160 valence electrons. The van der Waals surface area contributed by atoms with E-state index in [-0.39, 0.29) is 6.61 Å². The van der Waals surface area contributed by atoms with Crippen LogP contribution in [-0.2, 0) is 0 Å². The van der Waals surface area contributed by atoms with E-state index in [2.05, 4.69) is 30.9 Å². The van der Waals surface area contributed by atoms with E-state index < -0.39 is 0 Å². The van der Waals surface area contributed by atoms with Gasteiger partial charge in [0.1, 0.15) is 5.82 Å². The van der Waals surface area contributed by atoms with Crippen LogP contribution in [0.15, 0.2) is 42.7 Å². The molecule has 0 saturated carbocycles. The molecule has 0 aliphatic heterocycles. The Bertz CT molecular complexity index is 923. The molecule has 4 N–H and O–H groups in total. The van der Waals surface area contributed by atoms with Crippen LogP contribution in [0.1, 0.15) is 32.1 Å². The topological polar surface area (TPSA) is 95.0 Å². The zero-order valence-corrected chi connectivity index (χ0v) is 17.8. The van der Waals surface area contributed by atoms with Crippen molar-refractivity contribution in [2.45, 2.75) is 32.1 Å². The summed E-state index contributed by atoms with van der Waals surface area (Å²) in [5.74, 6) is 1.46. The number of halogens is 1. The van der Waals surface area contributed by atoms with Gasteiger partial charge in [0.05, 0.1) is 5.52 Å². The molecule has 3 aromatic rings. The number of aliphatic hydroxyl groups excluding tert-OH is 1. The number of fused-ring (bicyclic) bond motifs is 1. The summed E-state index contributed by atoms with van der Waals surface area (Å²) in [6.07, 6.45) is 8.45. The fourth-order valence-corrected chi connectivity index (χ4v) is 3.29. The number of unbranched alkanes of at least 4 members (excludes halogenated alkanes) is 3. The molecule has 1 aromatic carbocycles. The first kappa shape index (κ1) is 22.1. The van der Waals surface area contributed by atoms with E-state index in [1.165, 1.54) is 0 Å². The van der Waals surface area contributed by atoms with E-state index >= 15 is 0 Å². The lowest BCUT2D eigenvalue weighted by Crippen LogP contribution is -2.10. The highest BCUT2D eigenvalue weighted by Gasteiger charge is 2.02. The lowest BCUT2D eigenvalue weighted by Gasteiger charge is -2.10. The number of nitrogens with zero attached hydrogens (tertiary/aromatic N) is 3. The summed E-state index contributed by atoms with van der Waals surface area (Å²) in [6.45, 7) is 2.79. The van der Waals surface area contributed by atoms with Crippen molar-refractivity contribution in [2.24, 2.45) is 0 Å². The largest absolute Gasteiger partial charge is 0.396 e. The zero-order chi connectivity index (χ0) is 21.0. The third-order valence-corrected chi connectivity index (χ3v) is 4.94. The van der Waals surface area contributed by atoms with Gasteiger partial charge in [-0.25, -0.2) is 4.98 Å². The van der Waals surface area contributed by atoms with Crippen molar-refractivity contribution in [1.29, 1.82) is 0 Å². The van der Waals surface area contributed by atoms with Crippen molar-refractivity contribution in [3.05, 3.63) is 47.7 Å². The van der Waals surface area contributed by atoms with Crippen LogP contribution >= 0.6 is 11.6 Å². The molecule has 7 nitrogen and oxygen atoms in total. The molecular weight excluding hydrogens is 400 g/mol. The molecule has 2 heterocycles. The maximum Gasteiger partial charge on any atom is 0.224 e. The summed E-state index contributed by atoms with van der Waals surface area (Å²) in [7, 11) is 0. The molecule has 0 spiro atoms. The first-order valence-electron chi connectivity index (χ1n) is 10.5. The number of hydrogen-bond acceptors (Lipinski definition) is 7. The number of hydrogen-bond donors (Lipinski definition) is 4. The summed E-state index contributed by atoms with van der Waals surface area (Å²) in [5.41, 5.74) is 1.98. The molecule has 30 heavy (non-hydrogen) atoms. The standard InChI is InChI=1S/C22H29ClN6O/c23-17-6-7-18-19(8-13-25-20(18)16-17)24-10-3-4-11-26-21-9-14-28-22(29-21)27-12-2-1-5-15-30/h6-9,13-14,16,30H,1-5,10-12,15H2,(H,24,25)(H2,26,27,28,29). The smallest absolute Gasteiger partial charge is 0.224 e. The number of aliphatic hydroxyl groups is 1. The highest BCUT2D eigenvalue weighted by atomic mass is 35.5. The van der Waals surface area contributed by atoms with Crippen molar-refractivity contribution >= 4 is 40.0 Å². The number of nitrogens with one attached hydrogen (secondary N) is 3. The Morgan fingerprint density at radius 2 is 1.57 bits per heavy atom. The predicted molar refractivity (Wildman–Crippen MR) is 124 cm³/mol. The van der Waals surface area contributed by atoms with Gasteiger partial charge in [0.15, 0.2) is 0 Å². The maximum absolute atomic E-state index is 8.80. The summed E-state index contributed by atoms with van der Waals surface area (Å²) >= 11 is 6.05. The summed E-state index contributed by atoms with van der Waals surface area (Å²) in [6, 6.07) is 9.64. The van der Waals surface area contributed by atoms with E-state index in [0.29, 0.717) is 11.0 Å². The number of aromatic nitrogens is 3. The minimum atomic E-state index is 0.249. The molecule has 0 aliphatic rings. The Morgan fingerprint density at radius 3 is 2.43 bits per heavy atom. The van der Waals surface area contributed by atoms with E-state index in [0.717, 1.165) is 74.1 Å². The van der Waals surface area contributed by atoms with Crippen molar-refractivity contribution in [3.8, 4) is 0 Å². The molecule has 0 radical (unpaired) electrons. The van der Waals surface area contributed by atoms with Crippen LogP contribution in [0.2, 0.25) is 5.02 Å². The third-order valence-electron chi connectivity index (χ3n) is 4.70. The fraction of sp³-hybridized carbons (Fsp3) is 0.409. The van der Waals surface area contributed by atoms with Gasteiger partial charge in [0.2, 0.25) is 5.95 Å². The second-order valence-electron chi connectivity index (χ2n) is 7.06. The number of anilines is 3. The lowest BCUT2D eigenvalue weighted by molar-refractivity contribution is 0.283. The van der Waals surface area contributed by atoms with Crippen LogP contribution < -0.4 is 16.0 Å². The van der Waals surface area contributed by atoms with Crippen LogP contribution in [0.4, 0.5) is 17.5 Å². The van der Waals surface area contributed by atoms with Crippen molar-refractivity contribution in [3.63, 3.8) is 0 Å². The van der Waals surface area contributed by atoms with Gasteiger partial charge in [0, 0.05) is 54.7 Å². The SMILES string of the molecule is OCCCCCNc1nccc(NCCCCNc2ccnc3cc(Cl)ccc23)n1. The Hall–Kier alpha value is -2.64. The van der Waals surface area contributed by atoms with E-state index in [1.807, 2.05) is 30.3 Å². The summed E-state index contributed by atoms with van der Waals surface area (Å²) in [5, 5.41) is 20.6. The zero-order valence-electron chi connectivity index (χ0n) is 17.1. The van der Waals surface area contributed by atoms with Crippen molar-refractivity contribution in [1.82, 2.24) is 15.0 Å². The van der Waals surface area contributed by atoms with Crippen LogP contribution in [0, 0.1) is 0 Å². The summed E-state index contributed by atoms with van der Waals surface area (Å²) < 4.78 is 0. The van der Waals surface area contributed by atoms with Gasteiger partial charge in [-0.1, -0.05) is 11.6 Å². The van der Waals surface area contributed by atoms with Crippen molar-refractivity contribution < 1.29 is 5.11 Å². The van der Waals surface area contributed by atoms with E-state index in [1.54, 1.807) is 12.4 Å². The minimum absolute atomic E-state index is 0.249. The van der Waals surface area contributed by atoms with Crippen LogP contribution in [-0.4, -0.2) is 46.3 Å². The Labute approximate surface area is 182 Å². The van der Waals surface area contributed by atoms with Crippen LogP contribution in [0.3, 0.4) is 0 Å². The van der Waals surface area contributed by atoms with Gasteiger partial charge in [-0.15, -0.1) is 0 Å². The van der Waals surface area contributed by atoms with Gasteiger partial charge in [0.25, 0.3) is 0 Å². The molecule has 3 rings (SSSR count). The van der Waals surface area contributed by atoms with Gasteiger partial charge in [-0.3, -0.25) is 4.98 Å². The Balaban J connectivity index is 1.35. The third kappa shape index (κ3) is 7.00. The molecule has 8 heteroatoms. The van der Waals surface area contributed by atoms with Crippen LogP contribution in [0.25, 0.3) is 10.9 Å². The van der Waals surface area contributed by atoms with E-state index in [4.69, 9.17) is 16.7 Å². The highest BCUT2D eigenvalue weighted by molar-refractivity contribution is 6.31. The Kier molecular flexibility index (Phi) is 8.93. The first-order chi connectivity index (χ1) is 14.8. The fourth-order valence-electron chi connectivity index (χ4n) is 3.12. The molecule has 0 bridgehead atoms. The average Bonchev–Trinajstić information content (AvgIpc) is 2.76. The first-order valence-corrected chi connectivity index (χ1v) is 10.8. The van der Waals surface area contributed by atoms with Gasteiger partial charge >= 0.3 is 0 Å². The lowest BCUT2D eigenvalue weighted by atomic mass is 10.2. The molecule has 0 fully saturated rings. The maximum atomic E-state index is 8.80. The molecule has 2 aromatic heterocycles. The molecule has 0 aliphatic carbocycles. The highest BCUT2D eigenvalue weighted by Crippen LogP contribution is 2.24. The second-order valence-corrected chi connectivity index (χ2v) is 7.49. The molecule has 0 amide bonds. The quantitative estimate of drug-likeness (QED) is 0.296. The molecule has 0 saturated heterocycles. The monoisotopic (exact) mass is 428 g/mol. The molecular formula is C22H29ClN6O. The molecule has 0 atom stereocenters. The minimum Gasteiger partial charge on any atom is -0.396 e. The number of rotatable bonds is 13. The summed E-state index contributed by atoms with van der Waals surface area (Å²) in [4.78, 5) is 13.1. The molecule has 0 unspecified atom stereocenters. The Morgan fingerprint density at radius 1 is 0.800 bits per heavy atom. The second kappa shape index (κ2) is 12.1. The number of benzene rings is 1. The predicted octanol–water partition coefficient (Wildman–Crippen LogP) is 4.56. The van der Waals surface area contributed by atoms with E-state index in [9.17, 15) is 0 Å².